The largest absolute Gasteiger partial charge is 0.481 e. The van der Waals surface area contributed by atoms with Gasteiger partial charge in [-0.2, -0.15) is 11.8 Å². The molecule has 0 fully saturated rings. The highest BCUT2D eigenvalue weighted by atomic mass is 32.2. The topological polar surface area (TPSA) is 294 Å². The Morgan fingerprint density at radius 2 is 1.27 bits per heavy atom. The standard InChI is InChI=1S/C40H60N8O10S/c1-5-24(2)34(43-25(3)49)40(57)46-29(16-17-33(50)51)37(54)44-28(15-9-10-19-41)36(53)48-32(22-26-12-7-6-8-13-26)39(56)45-30(18-21-59-4)38(55)47-31(35(42)52)23-27-14-11-20-58-27/h6-8,11-14,20,24,28-32,34H,5,9-10,15-19,21-23,41H2,1-4H3,(H2,42,52)(H,43,49)(H,44,54)(H,45,56)(H,46,57)(H,47,55)(H,48,53)(H,50,51)/t24-,28-,29-,30-,31-,32-,34-/m0/s1. The second-order valence-corrected chi connectivity index (χ2v) is 15.2. The van der Waals surface area contributed by atoms with Crippen molar-refractivity contribution in [3.63, 3.8) is 0 Å². The molecule has 0 unspecified atom stereocenters. The molecule has 18 nitrogen and oxygen atoms in total. The summed E-state index contributed by atoms with van der Waals surface area (Å²) in [6.07, 6.45) is 3.99. The lowest BCUT2D eigenvalue weighted by Crippen LogP contribution is -2.60. The molecule has 1 aromatic heterocycles. The number of benzene rings is 1. The second-order valence-electron chi connectivity index (χ2n) is 14.2. The van der Waals surface area contributed by atoms with Gasteiger partial charge in [-0.3, -0.25) is 38.4 Å². The Hall–Kier alpha value is -5.43. The van der Waals surface area contributed by atoms with E-state index in [9.17, 15) is 43.5 Å². The van der Waals surface area contributed by atoms with Crippen LogP contribution < -0.4 is 43.4 Å². The molecule has 59 heavy (non-hydrogen) atoms. The third-order valence-corrected chi connectivity index (χ3v) is 10.2. The van der Waals surface area contributed by atoms with E-state index < -0.39 is 90.0 Å². The van der Waals surface area contributed by atoms with Crippen molar-refractivity contribution in [1.82, 2.24) is 31.9 Å². The van der Waals surface area contributed by atoms with Crippen LogP contribution in [-0.4, -0.2) is 107 Å². The summed E-state index contributed by atoms with van der Waals surface area (Å²) in [4.78, 5) is 105. The summed E-state index contributed by atoms with van der Waals surface area (Å²) in [7, 11) is 0. The van der Waals surface area contributed by atoms with Crippen molar-refractivity contribution in [2.24, 2.45) is 17.4 Å². The van der Waals surface area contributed by atoms with Gasteiger partial charge in [0.2, 0.25) is 41.4 Å². The summed E-state index contributed by atoms with van der Waals surface area (Å²) in [5.74, 6) is -5.70. The number of carboxylic acid groups (broad SMARTS) is 1. The highest BCUT2D eigenvalue weighted by molar-refractivity contribution is 7.98. The molecule has 2 rings (SSSR count). The molecule has 0 radical (unpaired) electrons. The third-order valence-electron chi connectivity index (χ3n) is 9.52. The average Bonchev–Trinajstić information content (AvgIpc) is 3.72. The van der Waals surface area contributed by atoms with Gasteiger partial charge in [0, 0.05) is 26.2 Å². The first kappa shape index (κ1) is 49.7. The van der Waals surface area contributed by atoms with Crippen molar-refractivity contribution < 1.29 is 47.9 Å². The molecule has 1 aromatic carbocycles. The van der Waals surface area contributed by atoms with Crippen LogP contribution in [0.2, 0.25) is 0 Å². The zero-order valence-electron chi connectivity index (χ0n) is 34.1. The Morgan fingerprint density at radius 3 is 1.80 bits per heavy atom. The van der Waals surface area contributed by atoms with Gasteiger partial charge in [-0.15, -0.1) is 0 Å². The number of carbonyl (C=O) groups is 8. The van der Waals surface area contributed by atoms with Crippen molar-refractivity contribution in [2.75, 3.05) is 18.6 Å². The highest BCUT2D eigenvalue weighted by Gasteiger charge is 2.34. The summed E-state index contributed by atoms with van der Waals surface area (Å²) in [6, 6.07) is 4.80. The predicted molar refractivity (Wildman–Crippen MR) is 221 cm³/mol. The van der Waals surface area contributed by atoms with Crippen LogP contribution in [0.25, 0.3) is 0 Å². The van der Waals surface area contributed by atoms with Gasteiger partial charge in [-0.25, -0.2) is 0 Å². The number of furan rings is 1. The number of carbonyl (C=O) groups excluding carboxylic acids is 7. The number of unbranched alkanes of at least 4 members (excludes halogenated alkanes) is 1. The number of primary amides is 1. The molecule has 0 bridgehead atoms. The minimum atomic E-state index is -1.40. The van der Waals surface area contributed by atoms with Crippen LogP contribution in [0.3, 0.4) is 0 Å². The van der Waals surface area contributed by atoms with E-state index in [0.29, 0.717) is 36.3 Å². The molecule has 0 aliphatic rings. The monoisotopic (exact) mass is 844 g/mol. The van der Waals surface area contributed by atoms with E-state index in [2.05, 4.69) is 31.9 Å². The van der Waals surface area contributed by atoms with Crippen LogP contribution in [-0.2, 0) is 51.2 Å². The fraction of sp³-hybridized carbons (Fsp3) is 0.550. The molecular formula is C40H60N8O10S. The maximum absolute atomic E-state index is 14.1. The van der Waals surface area contributed by atoms with Crippen molar-refractivity contribution in [2.45, 2.75) is 115 Å². The van der Waals surface area contributed by atoms with Crippen LogP contribution in [0.15, 0.2) is 53.1 Å². The van der Waals surface area contributed by atoms with E-state index in [1.54, 1.807) is 49.4 Å². The Labute approximate surface area is 348 Å². The van der Waals surface area contributed by atoms with Crippen molar-refractivity contribution in [1.29, 1.82) is 0 Å². The molecule has 7 amide bonds. The first-order valence-electron chi connectivity index (χ1n) is 19.6. The van der Waals surface area contributed by atoms with Crippen LogP contribution in [0, 0.1) is 5.92 Å². The summed E-state index contributed by atoms with van der Waals surface area (Å²) < 4.78 is 5.31. The van der Waals surface area contributed by atoms with Crippen molar-refractivity contribution in [3.8, 4) is 0 Å². The molecule has 0 spiro atoms. The maximum Gasteiger partial charge on any atom is 0.303 e. The fourth-order valence-electron chi connectivity index (χ4n) is 5.99. The van der Waals surface area contributed by atoms with Gasteiger partial charge in [0.1, 0.15) is 42.0 Å². The lowest BCUT2D eigenvalue weighted by atomic mass is 9.97. The number of aliphatic carboxylic acids is 1. The van der Waals surface area contributed by atoms with E-state index in [1.807, 2.05) is 13.2 Å². The molecule has 11 N–H and O–H groups in total. The smallest absolute Gasteiger partial charge is 0.303 e. The zero-order valence-corrected chi connectivity index (χ0v) is 34.9. The van der Waals surface area contributed by atoms with Gasteiger partial charge in [0.15, 0.2) is 0 Å². The SMILES string of the molecule is CC[C@H](C)[C@H](NC(C)=O)C(=O)N[C@@H](CCC(=O)O)C(=O)N[C@@H](CCCCN)C(=O)N[C@@H](Cc1ccccc1)C(=O)N[C@@H](CCSC)C(=O)N[C@@H](Cc1ccco1)C(N)=O. The predicted octanol–water partition coefficient (Wildman–Crippen LogP) is 0.272. The van der Waals surface area contributed by atoms with Crippen LogP contribution >= 0.6 is 11.8 Å². The number of hydrogen-bond donors (Lipinski definition) is 9. The van der Waals surface area contributed by atoms with Crippen LogP contribution in [0.4, 0.5) is 0 Å². The molecule has 326 valence electrons. The van der Waals surface area contributed by atoms with Crippen LogP contribution in [0.1, 0.15) is 77.0 Å². The molecular weight excluding hydrogens is 785 g/mol. The Morgan fingerprint density at radius 1 is 0.712 bits per heavy atom. The zero-order chi connectivity index (χ0) is 43.9. The molecule has 7 atom stereocenters. The molecule has 0 aliphatic carbocycles. The van der Waals surface area contributed by atoms with E-state index in [4.69, 9.17) is 15.9 Å². The summed E-state index contributed by atoms with van der Waals surface area (Å²) in [5, 5.41) is 25.2. The minimum absolute atomic E-state index is 0.0153. The highest BCUT2D eigenvalue weighted by Crippen LogP contribution is 2.12. The molecule has 1 heterocycles. The first-order valence-corrected chi connectivity index (χ1v) is 21.0. The molecule has 0 saturated carbocycles. The van der Waals surface area contributed by atoms with Crippen LogP contribution in [0.5, 0.6) is 0 Å². The minimum Gasteiger partial charge on any atom is -0.481 e. The van der Waals surface area contributed by atoms with E-state index in [0.717, 1.165) is 0 Å². The van der Waals surface area contributed by atoms with Crippen molar-refractivity contribution >= 4 is 59.1 Å². The van der Waals surface area contributed by atoms with Gasteiger partial charge in [0.05, 0.1) is 6.26 Å². The van der Waals surface area contributed by atoms with E-state index in [-0.39, 0.29) is 44.6 Å². The lowest BCUT2D eigenvalue weighted by molar-refractivity contribution is -0.138. The van der Waals surface area contributed by atoms with Crippen molar-refractivity contribution in [3.05, 3.63) is 60.1 Å². The molecule has 0 aliphatic heterocycles. The van der Waals surface area contributed by atoms with Gasteiger partial charge < -0.3 is 52.9 Å². The van der Waals surface area contributed by atoms with Gasteiger partial charge >= 0.3 is 5.97 Å². The number of amides is 7. The molecule has 19 heteroatoms. The number of nitrogens with two attached hydrogens (primary N) is 2. The van der Waals surface area contributed by atoms with E-state index >= 15 is 0 Å². The van der Waals surface area contributed by atoms with Gasteiger partial charge in [-0.1, -0.05) is 50.6 Å². The summed E-state index contributed by atoms with van der Waals surface area (Å²) in [6.45, 7) is 5.09. The maximum atomic E-state index is 14.1. The Balaban J connectivity index is 2.41. The summed E-state index contributed by atoms with van der Waals surface area (Å²) >= 11 is 1.43. The number of thioether (sulfide) groups is 1. The first-order chi connectivity index (χ1) is 28.1. The van der Waals surface area contributed by atoms with E-state index in [1.165, 1.54) is 24.9 Å². The third kappa shape index (κ3) is 18.4. The quantitative estimate of drug-likeness (QED) is 0.0522. The number of carboxylic acids is 1. The number of hydrogen-bond acceptors (Lipinski definition) is 11. The molecule has 2 aromatic rings. The van der Waals surface area contributed by atoms with Gasteiger partial charge in [0.25, 0.3) is 0 Å². The number of rotatable bonds is 28. The van der Waals surface area contributed by atoms with Gasteiger partial charge in [-0.05, 0) is 74.3 Å². The summed E-state index contributed by atoms with van der Waals surface area (Å²) in [5.41, 5.74) is 12.0. The fourth-order valence-corrected chi connectivity index (χ4v) is 6.46. The lowest BCUT2D eigenvalue weighted by Gasteiger charge is -2.28. The second kappa shape index (κ2) is 26.5. The normalized spacial score (nSPS) is 14.5. The molecule has 0 saturated heterocycles. The Kier molecular flexibility index (Phi) is 22.4. The number of nitrogens with one attached hydrogen (secondary N) is 6. The average molecular weight is 845 g/mol. The Bertz CT molecular complexity index is 1680.